The summed E-state index contributed by atoms with van der Waals surface area (Å²) < 4.78 is 0.591. The highest BCUT2D eigenvalue weighted by molar-refractivity contribution is 9.10. The first-order valence-corrected chi connectivity index (χ1v) is 7.20. The zero-order chi connectivity index (χ0) is 15.4. The monoisotopic (exact) mass is 348 g/mol. The van der Waals surface area contributed by atoms with Gasteiger partial charge in [-0.05, 0) is 47.0 Å². The Hall–Kier alpha value is -2.13. The van der Waals surface area contributed by atoms with E-state index in [1.165, 1.54) is 0 Å². The van der Waals surface area contributed by atoms with Crippen molar-refractivity contribution in [1.82, 2.24) is 0 Å². The van der Waals surface area contributed by atoms with Crippen molar-refractivity contribution in [3.63, 3.8) is 0 Å². The van der Waals surface area contributed by atoms with Crippen molar-refractivity contribution in [2.45, 2.75) is 12.8 Å². The van der Waals surface area contributed by atoms with Crippen molar-refractivity contribution in [2.75, 3.05) is 5.32 Å². The number of rotatable bonds is 3. The van der Waals surface area contributed by atoms with Crippen molar-refractivity contribution < 1.29 is 14.7 Å². The quantitative estimate of drug-likeness (QED) is 0.821. The lowest BCUT2D eigenvalue weighted by Gasteiger charge is -2.24. The van der Waals surface area contributed by atoms with E-state index in [0.29, 0.717) is 28.6 Å². The molecule has 2 atom stereocenters. The van der Waals surface area contributed by atoms with E-state index in [1.807, 2.05) is 12.1 Å². The third-order valence-electron chi connectivity index (χ3n) is 3.44. The molecule has 0 saturated carbocycles. The summed E-state index contributed by atoms with van der Waals surface area (Å²) in [7, 11) is 0. The number of anilines is 1. The summed E-state index contributed by atoms with van der Waals surface area (Å²) >= 11 is 3.29. The first-order valence-electron chi connectivity index (χ1n) is 6.41. The van der Waals surface area contributed by atoms with E-state index in [9.17, 15) is 14.7 Å². The Labute approximate surface area is 130 Å². The van der Waals surface area contributed by atoms with Gasteiger partial charge in [-0.3, -0.25) is 9.59 Å². The van der Waals surface area contributed by atoms with E-state index in [0.717, 1.165) is 0 Å². The third kappa shape index (κ3) is 3.50. The molecule has 0 aromatic heterocycles. The zero-order valence-electron chi connectivity index (χ0n) is 11.0. The van der Waals surface area contributed by atoms with Crippen LogP contribution in [0.4, 0.5) is 5.69 Å². The lowest BCUT2D eigenvalue weighted by atomic mass is 9.82. The van der Waals surface area contributed by atoms with Crippen LogP contribution in [0.2, 0.25) is 0 Å². The van der Waals surface area contributed by atoms with Crippen LogP contribution >= 0.6 is 15.9 Å². The van der Waals surface area contributed by atoms with Crippen LogP contribution in [0.1, 0.15) is 18.4 Å². The van der Waals surface area contributed by atoms with Gasteiger partial charge in [0.2, 0.25) is 5.91 Å². The van der Waals surface area contributed by atoms with E-state index in [2.05, 4.69) is 21.2 Å². The van der Waals surface area contributed by atoms with Gasteiger partial charge < -0.3 is 10.4 Å². The van der Waals surface area contributed by atoms with Gasteiger partial charge in [0, 0.05) is 4.47 Å². The number of allylic oxidation sites excluding steroid dienone is 2. The maximum atomic E-state index is 12.3. The van der Waals surface area contributed by atoms with Crippen molar-refractivity contribution in [1.29, 1.82) is 5.26 Å². The molecule has 2 rings (SSSR count). The molecular formula is C15H13BrN2O3. The number of aliphatic carboxylic acids is 1. The predicted molar refractivity (Wildman–Crippen MR) is 80.5 cm³/mol. The molecule has 0 spiro atoms. The minimum atomic E-state index is -0.960. The molecule has 1 aromatic rings. The standard InChI is InChI=1S/C15H13BrN2O3/c16-12-7-9(8-17)5-6-13(12)18-14(19)10-3-1-2-4-11(10)15(20)21/h1-2,5-7,10-11H,3-4H2,(H,18,19)(H,20,21)/t10-,11+/m1/s1. The predicted octanol–water partition coefficient (Wildman–Crippen LogP) is 2.93. The molecule has 0 radical (unpaired) electrons. The smallest absolute Gasteiger partial charge is 0.307 e. The van der Waals surface area contributed by atoms with Crippen LogP contribution in [0.5, 0.6) is 0 Å². The number of carbonyl (C=O) groups is 2. The van der Waals surface area contributed by atoms with E-state index >= 15 is 0 Å². The SMILES string of the molecule is N#Cc1ccc(NC(=O)[C@@H]2CC=CC[C@@H]2C(=O)O)c(Br)c1. The molecule has 0 bridgehead atoms. The Kier molecular flexibility index (Phi) is 4.76. The van der Waals surface area contributed by atoms with Crippen LogP contribution in [0.25, 0.3) is 0 Å². The second-order valence-corrected chi connectivity index (χ2v) is 5.64. The largest absolute Gasteiger partial charge is 0.481 e. The van der Waals surface area contributed by atoms with Gasteiger partial charge in [0.05, 0.1) is 29.2 Å². The minimum absolute atomic E-state index is 0.322. The van der Waals surface area contributed by atoms with Crippen molar-refractivity contribution in [2.24, 2.45) is 11.8 Å². The lowest BCUT2D eigenvalue weighted by Crippen LogP contribution is -2.34. The molecule has 1 aromatic carbocycles. The molecule has 0 unspecified atom stereocenters. The summed E-state index contributed by atoms with van der Waals surface area (Å²) in [4.78, 5) is 23.5. The Balaban J connectivity index is 2.16. The van der Waals surface area contributed by atoms with Gasteiger partial charge in [-0.1, -0.05) is 12.2 Å². The Morgan fingerprint density at radius 2 is 1.95 bits per heavy atom. The average molecular weight is 349 g/mol. The molecule has 0 saturated heterocycles. The number of carboxylic acids is 1. The van der Waals surface area contributed by atoms with E-state index in [-0.39, 0.29) is 5.91 Å². The normalized spacial score (nSPS) is 20.6. The van der Waals surface area contributed by atoms with Gasteiger partial charge in [-0.25, -0.2) is 0 Å². The first kappa shape index (κ1) is 15.3. The molecule has 0 aliphatic heterocycles. The molecular weight excluding hydrogens is 336 g/mol. The van der Waals surface area contributed by atoms with Crippen LogP contribution in [-0.2, 0) is 9.59 Å². The van der Waals surface area contributed by atoms with E-state index in [1.54, 1.807) is 24.3 Å². The van der Waals surface area contributed by atoms with Crippen LogP contribution < -0.4 is 5.32 Å². The highest BCUT2D eigenvalue weighted by Crippen LogP contribution is 2.29. The number of hydrogen-bond acceptors (Lipinski definition) is 3. The van der Waals surface area contributed by atoms with Gasteiger partial charge in [0.15, 0.2) is 0 Å². The summed E-state index contributed by atoms with van der Waals surface area (Å²) in [6.07, 6.45) is 4.40. The number of nitrogens with one attached hydrogen (secondary N) is 1. The highest BCUT2D eigenvalue weighted by atomic mass is 79.9. The number of hydrogen-bond donors (Lipinski definition) is 2. The molecule has 0 fully saturated rings. The van der Waals surface area contributed by atoms with Crippen molar-refractivity contribution >= 4 is 33.5 Å². The molecule has 108 valence electrons. The van der Waals surface area contributed by atoms with Crippen molar-refractivity contribution in [3.8, 4) is 6.07 Å². The number of amides is 1. The van der Waals surface area contributed by atoms with Gasteiger partial charge in [0.1, 0.15) is 0 Å². The zero-order valence-corrected chi connectivity index (χ0v) is 12.6. The van der Waals surface area contributed by atoms with Crippen LogP contribution in [-0.4, -0.2) is 17.0 Å². The molecule has 21 heavy (non-hydrogen) atoms. The second-order valence-electron chi connectivity index (χ2n) is 4.79. The number of nitrogens with zero attached hydrogens (tertiary/aromatic N) is 1. The summed E-state index contributed by atoms with van der Waals surface area (Å²) in [5.41, 5.74) is 1.00. The number of nitriles is 1. The molecule has 6 heteroatoms. The lowest BCUT2D eigenvalue weighted by molar-refractivity contribution is -0.146. The summed E-state index contributed by atoms with van der Waals surface area (Å²) in [5.74, 6) is -2.57. The summed E-state index contributed by atoms with van der Waals surface area (Å²) in [6, 6.07) is 6.82. The first-order chi connectivity index (χ1) is 10.0. The van der Waals surface area contributed by atoms with Crippen LogP contribution in [0.3, 0.4) is 0 Å². The minimum Gasteiger partial charge on any atom is -0.481 e. The van der Waals surface area contributed by atoms with Gasteiger partial charge in [0.25, 0.3) is 0 Å². The maximum Gasteiger partial charge on any atom is 0.307 e. The Bertz CT molecular complexity index is 649. The van der Waals surface area contributed by atoms with Crippen LogP contribution in [0, 0.1) is 23.2 Å². The molecule has 1 aliphatic carbocycles. The topological polar surface area (TPSA) is 90.2 Å². The number of carboxylic acid groups (broad SMARTS) is 1. The molecule has 5 nitrogen and oxygen atoms in total. The average Bonchev–Trinajstić information content (AvgIpc) is 2.49. The molecule has 0 heterocycles. The maximum absolute atomic E-state index is 12.3. The highest BCUT2D eigenvalue weighted by Gasteiger charge is 2.34. The summed E-state index contributed by atoms with van der Waals surface area (Å²) in [6.45, 7) is 0. The van der Waals surface area contributed by atoms with Gasteiger partial charge >= 0.3 is 5.97 Å². The second kappa shape index (κ2) is 6.55. The van der Waals surface area contributed by atoms with E-state index in [4.69, 9.17) is 5.26 Å². The fourth-order valence-corrected chi connectivity index (χ4v) is 2.77. The number of benzene rings is 1. The summed E-state index contributed by atoms with van der Waals surface area (Å²) in [5, 5.41) is 20.7. The Morgan fingerprint density at radius 1 is 1.29 bits per heavy atom. The number of halogens is 1. The van der Waals surface area contributed by atoms with Gasteiger partial charge in [-0.15, -0.1) is 0 Å². The van der Waals surface area contributed by atoms with Crippen molar-refractivity contribution in [3.05, 3.63) is 40.4 Å². The van der Waals surface area contributed by atoms with E-state index < -0.39 is 17.8 Å². The Morgan fingerprint density at radius 3 is 2.52 bits per heavy atom. The number of carbonyl (C=O) groups excluding carboxylic acids is 1. The molecule has 1 aliphatic rings. The fourth-order valence-electron chi connectivity index (χ4n) is 2.29. The third-order valence-corrected chi connectivity index (χ3v) is 4.10. The fraction of sp³-hybridized carbons (Fsp3) is 0.267. The molecule has 2 N–H and O–H groups in total. The van der Waals surface area contributed by atoms with Gasteiger partial charge in [-0.2, -0.15) is 5.26 Å². The van der Waals surface area contributed by atoms with Crippen LogP contribution in [0.15, 0.2) is 34.8 Å². The molecule has 1 amide bonds.